The van der Waals surface area contributed by atoms with E-state index in [1.165, 1.54) is 0 Å². The molecular weight excluding hydrogens is 204 g/mol. The quantitative estimate of drug-likeness (QED) is 0.767. The van der Waals surface area contributed by atoms with E-state index in [0.29, 0.717) is 23.6 Å². The molecule has 84 valence electrons. The maximum Gasteiger partial charge on any atom is 0.137 e. The minimum absolute atomic E-state index is 0.0458. The van der Waals surface area contributed by atoms with Crippen LogP contribution in [0.2, 0.25) is 0 Å². The second-order valence-corrected chi connectivity index (χ2v) is 3.82. The first-order valence-electron chi connectivity index (χ1n) is 5.33. The lowest BCUT2D eigenvalue weighted by Gasteiger charge is -2.23. The van der Waals surface area contributed by atoms with Gasteiger partial charge in [0.25, 0.3) is 0 Å². The molecule has 0 saturated carbocycles. The molecule has 1 saturated heterocycles. The summed E-state index contributed by atoms with van der Waals surface area (Å²) < 4.78 is 11.0. The van der Waals surface area contributed by atoms with Gasteiger partial charge in [0, 0.05) is 12.3 Å². The van der Waals surface area contributed by atoms with E-state index in [1.54, 1.807) is 18.2 Å². The highest BCUT2D eigenvalue weighted by atomic mass is 16.5. The van der Waals surface area contributed by atoms with Crippen LogP contribution < -0.4 is 10.5 Å². The number of nitriles is 1. The molecule has 1 fully saturated rings. The summed E-state index contributed by atoms with van der Waals surface area (Å²) >= 11 is 0. The lowest BCUT2D eigenvalue weighted by atomic mass is 10.1. The van der Waals surface area contributed by atoms with Crippen molar-refractivity contribution >= 4 is 5.69 Å². The molecule has 4 heteroatoms. The maximum atomic E-state index is 8.96. The molecular formula is C12H14N2O2. The zero-order chi connectivity index (χ0) is 11.4. The average molecular weight is 218 g/mol. The molecule has 4 nitrogen and oxygen atoms in total. The highest BCUT2D eigenvalue weighted by Crippen LogP contribution is 2.23. The van der Waals surface area contributed by atoms with Gasteiger partial charge >= 0.3 is 0 Å². The normalized spacial score (nSPS) is 20.1. The summed E-state index contributed by atoms with van der Waals surface area (Å²) in [4.78, 5) is 0. The SMILES string of the molecule is N#Cc1cc(N)ccc1OC1CCCOC1. The number of anilines is 1. The van der Waals surface area contributed by atoms with Crippen molar-refractivity contribution < 1.29 is 9.47 Å². The van der Waals surface area contributed by atoms with Gasteiger partial charge in [0.15, 0.2) is 0 Å². The molecule has 0 amide bonds. The fourth-order valence-corrected chi connectivity index (χ4v) is 1.72. The summed E-state index contributed by atoms with van der Waals surface area (Å²) in [5.41, 5.74) is 6.66. The Balaban J connectivity index is 2.11. The number of benzene rings is 1. The molecule has 0 bridgehead atoms. The van der Waals surface area contributed by atoms with E-state index in [-0.39, 0.29) is 6.10 Å². The van der Waals surface area contributed by atoms with Crippen molar-refractivity contribution in [3.05, 3.63) is 23.8 Å². The van der Waals surface area contributed by atoms with Crippen LogP contribution in [-0.2, 0) is 4.74 Å². The first-order chi connectivity index (χ1) is 7.79. The monoisotopic (exact) mass is 218 g/mol. The van der Waals surface area contributed by atoms with Gasteiger partial charge in [-0.25, -0.2) is 0 Å². The standard InChI is InChI=1S/C12H14N2O2/c13-7-9-6-10(14)3-4-12(9)16-11-2-1-5-15-8-11/h3-4,6,11H,1-2,5,8,14H2. The third-order valence-corrected chi connectivity index (χ3v) is 2.54. The Hall–Kier alpha value is -1.73. The van der Waals surface area contributed by atoms with Crippen LogP contribution in [0, 0.1) is 11.3 Å². The molecule has 16 heavy (non-hydrogen) atoms. The lowest BCUT2D eigenvalue weighted by molar-refractivity contribution is 0.00732. The molecule has 1 aliphatic heterocycles. The van der Waals surface area contributed by atoms with Crippen LogP contribution in [0.25, 0.3) is 0 Å². The first kappa shape index (κ1) is 10.8. The Bertz CT molecular complexity index is 406. The number of nitrogens with two attached hydrogens (primary N) is 1. The summed E-state index contributed by atoms with van der Waals surface area (Å²) in [6, 6.07) is 7.18. The first-order valence-corrected chi connectivity index (χ1v) is 5.33. The van der Waals surface area contributed by atoms with E-state index in [1.807, 2.05) is 0 Å². The highest BCUT2D eigenvalue weighted by molar-refractivity contribution is 5.53. The van der Waals surface area contributed by atoms with Gasteiger partial charge in [0.1, 0.15) is 17.9 Å². The average Bonchev–Trinajstić information content (AvgIpc) is 2.33. The molecule has 0 aromatic heterocycles. The summed E-state index contributed by atoms with van der Waals surface area (Å²) in [6.07, 6.45) is 2.01. The number of rotatable bonds is 2. The van der Waals surface area contributed by atoms with E-state index >= 15 is 0 Å². The largest absolute Gasteiger partial charge is 0.487 e. The number of hydrogen-bond donors (Lipinski definition) is 1. The summed E-state index contributed by atoms with van der Waals surface area (Å²) in [7, 11) is 0. The van der Waals surface area contributed by atoms with Crippen LogP contribution >= 0.6 is 0 Å². The Morgan fingerprint density at radius 3 is 3.06 bits per heavy atom. The Labute approximate surface area is 94.6 Å². The van der Waals surface area contributed by atoms with Crippen molar-refractivity contribution in [1.82, 2.24) is 0 Å². The minimum Gasteiger partial charge on any atom is -0.487 e. The van der Waals surface area contributed by atoms with Crippen molar-refractivity contribution in [2.24, 2.45) is 0 Å². The van der Waals surface area contributed by atoms with Gasteiger partial charge in [-0.3, -0.25) is 0 Å². The molecule has 2 N–H and O–H groups in total. The van der Waals surface area contributed by atoms with Crippen LogP contribution in [0.1, 0.15) is 18.4 Å². The number of ether oxygens (including phenoxy) is 2. The zero-order valence-electron chi connectivity index (χ0n) is 8.98. The molecule has 2 rings (SSSR count). The molecule has 1 aliphatic rings. The Morgan fingerprint density at radius 2 is 2.38 bits per heavy atom. The van der Waals surface area contributed by atoms with Gasteiger partial charge in [-0.1, -0.05) is 0 Å². The van der Waals surface area contributed by atoms with Gasteiger partial charge in [-0.2, -0.15) is 5.26 Å². The predicted molar refractivity (Wildman–Crippen MR) is 60.0 cm³/mol. The van der Waals surface area contributed by atoms with E-state index in [9.17, 15) is 0 Å². The molecule has 1 unspecified atom stereocenters. The van der Waals surface area contributed by atoms with Crippen molar-refractivity contribution in [2.75, 3.05) is 18.9 Å². The van der Waals surface area contributed by atoms with Gasteiger partial charge in [0.05, 0.1) is 12.2 Å². The number of nitrogens with zero attached hydrogens (tertiary/aromatic N) is 1. The van der Waals surface area contributed by atoms with Crippen LogP contribution in [0.3, 0.4) is 0 Å². The van der Waals surface area contributed by atoms with Crippen LogP contribution in [0.4, 0.5) is 5.69 Å². The van der Waals surface area contributed by atoms with Crippen molar-refractivity contribution in [2.45, 2.75) is 18.9 Å². The number of hydrogen-bond acceptors (Lipinski definition) is 4. The van der Waals surface area contributed by atoms with Crippen molar-refractivity contribution in [3.63, 3.8) is 0 Å². The molecule has 0 radical (unpaired) electrons. The van der Waals surface area contributed by atoms with Crippen molar-refractivity contribution in [3.8, 4) is 11.8 Å². The topological polar surface area (TPSA) is 68.3 Å². The van der Waals surface area contributed by atoms with Crippen molar-refractivity contribution in [1.29, 1.82) is 5.26 Å². The lowest BCUT2D eigenvalue weighted by Crippen LogP contribution is -2.28. The predicted octanol–water partition coefficient (Wildman–Crippen LogP) is 1.70. The molecule has 1 atom stereocenters. The highest BCUT2D eigenvalue weighted by Gasteiger charge is 2.16. The fraction of sp³-hybridized carbons (Fsp3) is 0.417. The second kappa shape index (κ2) is 4.86. The van der Waals surface area contributed by atoms with Gasteiger partial charge < -0.3 is 15.2 Å². The Morgan fingerprint density at radius 1 is 1.50 bits per heavy atom. The van der Waals surface area contributed by atoms with Gasteiger partial charge in [-0.05, 0) is 31.0 Å². The van der Waals surface area contributed by atoms with Crippen LogP contribution in [0.5, 0.6) is 5.75 Å². The molecule has 1 heterocycles. The summed E-state index contributed by atoms with van der Waals surface area (Å²) in [5, 5.41) is 8.96. The molecule has 0 aliphatic carbocycles. The maximum absolute atomic E-state index is 8.96. The zero-order valence-corrected chi connectivity index (χ0v) is 8.98. The molecule has 0 spiro atoms. The second-order valence-electron chi connectivity index (χ2n) is 3.82. The molecule has 1 aromatic carbocycles. The third kappa shape index (κ3) is 2.44. The third-order valence-electron chi connectivity index (χ3n) is 2.54. The van der Waals surface area contributed by atoms with E-state index in [0.717, 1.165) is 19.4 Å². The molecule has 1 aromatic rings. The summed E-state index contributed by atoms with van der Waals surface area (Å²) in [5.74, 6) is 0.590. The fourth-order valence-electron chi connectivity index (χ4n) is 1.72. The van der Waals surface area contributed by atoms with Gasteiger partial charge in [-0.15, -0.1) is 0 Å². The summed E-state index contributed by atoms with van der Waals surface area (Å²) in [6.45, 7) is 1.39. The van der Waals surface area contributed by atoms with E-state index in [2.05, 4.69) is 6.07 Å². The van der Waals surface area contributed by atoms with E-state index < -0.39 is 0 Å². The minimum atomic E-state index is 0.0458. The van der Waals surface area contributed by atoms with Crippen LogP contribution in [0.15, 0.2) is 18.2 Å². The van der Waals surface area contributed by atoms with E-state index in [4.69, 9.17) is 20.5 Å². The smallest absolute Gasteiger partial charge is 0.137 e. The Kier molecular flexibility index (Phi) is 3.28. The van der Waals surface area contributed by atoms with Gasteiger partial charge in [0.2, 0.25) is 0 Å². The van der Waals surface area contributed by atoms with Crippen LogP contribution in [-0.4, -0.2) is 19.3 Å². The number of nitrogen functional groups attached to an aromatic ring is 1.